The average molecular weight is 216 g/mol. The molecule has 3 N–H and O–H groups in total. The highest BCUT2D eigenvalue weighted by Gasteiger charge is 2.39. The van der Waals surface area contributed by atoms with E-state index in [0.29, 0.717) is 13.0 Å². The van der Waals surface area contributed by atoms with Gasteiger partial charge in [-0.15, -0.1) is 0 Å². The largest absolute Gasteiger partial charge is 0.330 e. The molecule has 0 spiro atoms. The van der Waals surface area contributed by atoms with Gasteiger partial charge < -0.3 is 11.1 Å². The second kappa shape index (κ2) is 6.19. The Morgan fingerprint density at radius 2 is 1.93 bits per heavy atom. The summed E-state index contributed by atoms with van der Waals surface area (Å²) in [7, 11) is 0. The van der Waals surface area contributed by atoms with Crippen LogP contribution < -0.4 is 11.1 Å². The number of hydrogen-bond acceptors (Lipinski definition) is 2. The van der Waals surface area contributed by atoms with Crippen molar-refractivity contribution in [1.29, 1.82) is 0 Å². The minimum Gasteiger partial charge on any atom is -0.330 e. The molecule has 6 heteroatoms. The molecule has 0 heterocycles. The molecule has 0 aliphatic carbocycles. The van der Waals surface area contributed by atoms with Crippen molar-refractivity contribution in [3.05, 3.63) is 0 Å². The Kier molecular flexibility index (Phi) is 6.03. The van der Waals surface area contributed by atoms with E-state index < -0.39 is 18.9 Å². The Balaban J connectivity index is 3.62. The van der Waals surface area contributed by atoms with Crippen LogP contribution in [0.1, 0.15) is 13.3 Å². The van der Waals surface area contributed by atoms with Gasteiger partial charge in [-0.05, 0) is 25.4 Å². The zero-order chi connectivity index (χ0) is 11.2. The van der Waals surface area contributed by atoms with Crippen LogP contribution >= 0.6 is 0 Å². The molecule has 0 saturated heterocycles. The summed E-state index contributed by atoms with van der Waals surface area (Å²) in [5, 5.41) is 2.31. The highest BCUT2D eigenvalue weighted by molar-refractivity contribution is 4.72. The van der Waals surface area contributed by atoms with Crippen LogP contribution in [0.3, 0.4) is 0 Å². The van der Waals surface area contributed by atoms with E-state index in [4.69, 9.17) is 5.73 Å². The van der Waals surface area contributed by atoms with Gasteiger partial charge in [0.05, 0.1) is 6.54 Å². The van der Waals surface area contributed by atoms with Crippen molar-refractivity contribution in [2.24, 2.45) is 11.7 Å². The zero-order valence-corrected chi connectivity index (χ0v) is 8.07. The van der Waals surface area contributed by atoms with E-state index in [1.165, 1.54) is 0 Å². The number of nitrogens with two attached hydrogens (primary N) is 1. The molecule has 0 aromatic rings. The predicted molar refractivity (Wildman–Crippen MR) is 46.7 cm³/mol. The third-order valence-corrected chi connectivity index (χ3v) is 1.83. The molecule has 14 heavy (non-hydrogen) atoms. The molecule has 0 fully saturated rings. The minimum absolute atomic E-state index is 0.119. The summed E-state index contributed by atoms with van der Waals surface area (Å²) in [6, 6.07) is 0. The molecule has 0 amide bonds. The van der Waals surface area contributed by atoms with Crippen molar-refractivity contribution >= 4 is 0 Å². The monoisotopic (exact) mass is 216 g/mol. The number of hydrogen-bond donors (Lipinski definition) is 2. The van der Waals surface area contributed by atoms with Gasteiger partial charge in [-0.2, -0.15) is 8.78 Å². The fraction of sp³-hybridized carbons (Fsp3) is 1.00. The molecule has 0 bridgehead atoms. The van der Waals surface area contributed by atoms with E-state index in [-0.39, 0.29) is 12.5 Å². The van der Waals surface area contributed by atoms with Crippen molar-refractivity contribution in [3.63, 3.8) is 0 Å². The van der Waals surface area contributed by atoms with Crippen LogP contribution in [0.2, 0.25) is 0 Å². The van der Waals surface area contributed by atoms with Gasteiger partial charge in [0, 0.05) is 0 Å². The van der Waals surface area contributed by atoms with Crippen molar-refractivity contribution in [2.75, 3.05) is 19.6 Å². The van der Waals surface area contributed by atoms with Gasteiger partial charge in [-0.3, -0.25) is 0 Å². The second-order valence-corrected chi connectivity index (χ2v) is 3.38. The highest BCUT2D eigenvalue weighted by Crippen LogP contribution is 2.21. The lowest BCUT2D eigenvalue weighted by Gasteiger charge is -2.17. The van der Waals surface area contributed by atoms with Gasteiger partial charge in [0.2, 0.25) is 0 Å². The van der Waals surface area contributed by atoms with Gasteiger partial charge in [0.15, 0.2) is 0 Å². The van der Waals surface area contributed by atoms with E-state index in [0.717, 1.165) is 0 Å². The maximum Gasteiger partial charge on any atom is 0.319 e. The molecule has 0 aromatic carbocycles. The lowest BCUT2D eigenvalue weighted by Crippen LogP contribution is -2.40. The Bertz CT molecular complexity index is 152. The third-order valence-electron chi connectivity index (χ3n) is 1.83. The van der Waals surface area contributed by atoms with Crippen molar-refractivity contribution in [2.45, 2.75) is 25.7 Å². The highest BCUT2D eigenvalue weighted by atomic mass is 19.3. The first kappa shape index (κ1) is 13.6. The predicted octanol–water partition coefficient (Wildman–Crippen LogP) is 1.46. The maximum atomic E-state index is 12.3. The lowest BCUT2D eigenvalue weighted by atomic mass is 10.1. The topological polar surface area (TPSA) is 38.0 Å². The maximum absolute atomic E-state index is 12.3. The van der Waals surface area contributed by atoms with E-state index in [2.05, 4.69) is 5.32 Å². The SMILES string of the molecule is CC(CCN)CNCC(F)(F)C(F)F. The fourth-order valence-electron chi connectivity index (χ4n) is 0.949. The normalized spacial score (nSPS) is 14.8. The molecule has 1 unspecified atom stereocenters. The summed E-state index contributed by atoms with van der Waals surface area (Å²) < 4.78 is 48.0. The molecular formula is C8H16F4N2. The van der Waals surface area contributed by atoms with Crippen LogP contribution in [0.15, 0.2) is 0 Å². The van der Waals surface area contributed by atoms with Gasteiger partial charge in [-0.25, -0.2) is 8.78 Å². The molecule has 0 radical (unpaired) electrons. The molecule has 0 aliphatic heterocycles. The van der Waals surface area contributed by atoms with Crippen LogP contribution in [0.25, 0.3) is 0 Å². The molecular weight excluding hydrogens is 200 g/mol. The van der Waals surface area contributed by atoms with Crippen LogP contribution in [-0.2, 0) is 0 Å². The zero-order valence-electron chi connectivity index (χ0n) is 8.07. The number of nitrogens with one attached hydrogen (secondary N) is 1. The van der Waals surface area contributed by atoms with Crippen LogP contribution in [0.4, 0.5) is 17.6 Å². The van der Waals surface area contributed by atoms with E-state index in [1.807, 2.05) is 6.92 Å². The Labute approximate surface area is 80.8 Å². The van der Waals surface area contributed by atoms with E-state index >= 15 is 0 Å². The summed E-state index contributed by atoms with van der Waals surface area (Å²) >= 11 is 0. The number of halogens is 4. The quantitative estimate of drug-likeness (QED) is 0.632. The van der Waals surface area contributed by atoms with Crippen LogP contribution in [0, 0.1) is 5.92 Å². The average Bonchev–Trinajstić information content (AvgIpc) is 2.04. The summed E-state index contributed by atoms with van der Waals surface area (Å²) in [6.45, 7) is 1.58. The number of rotatable bonds is 7. The first-order valence-corrected chi connectivity index (χ1v) is 4.47. The smallest absolute Gasteiger partial charge is 0.319 e. The summed E-state index contributed by atoms with van der Waals surface area (Å²) in [4.78, 5) is 0. The van der Waals surface area contributed by atoms with E-state index in [9.17, 15) is 17.6 Å². The van der Waals surface area contributed by atoms with Crippen LogP contribution in [-0.4, -0.2) is 32.0 Å². The van der Waals surface area contributed by atoms with Crippen molar-refractivity contribution in [3.8, 4) is 0 Å². The molecule has 86 valence electrons. The molecule has 2 nitrogen and oxygen atoms in total. The van der Waals surface area contributed by atoms with Gasteiger partial charge in [0.1, 0.15) is 0 Å². The first-order valence-electron chi connectivity index (χ1n) is 4.47. The van der Waals surface area contributed by atoms with E-state index in [1.54, 1.807) is 0 Å². The third kappa shape index (κ3) is 5.39. The molecule has 0 rings (SSSR count). The van der Waals surface area contributed by atoms with Crippen molar-refractivity contribution < 1.29 is 17.6 Å². The lowest BCUT2D eigenvalue weighted by molar-refractivity contribution is -0.125. The van der Waals surface area contributed by atoms with Crippen LogP contribution in [0.5, 0.6) is 0 Å². The van der Waals surface area contributed by atoms with Gasteiger partial charge >= 0.3 is 12.3 Å². The first-order chi connectivity index (χ1) is 6.40. The summed E-state index contributed by atoms with van der Waals surface area (Å²) in [6.07, 6.45) is -2.92. The van der Waals surface area contributed by atoms with Crippen molar-refractivity contribution in [1.82, 2.24) is 5.32 Å². The van der Waals surface area contributed by atoms with Gasteiger partial charge in [-0.1, -0.05) is 6.92 Å². The minimum atomic E-state index is -3.94. The fourth-order valence-corrected chi connectivity index (χ4v) is 0.949. The molecule has 0 aliphatic rings. The summed E-state index contributed by atoms with van der Waals surface area (Å²) in [5.41, 5.74) is 5.24. The molecule has 1 atom stereocenters. The molecule has 0 aromatic heterocycles. The second-order valence-electron chi connectivity index (χ2n) is 3.38. The summed E-state index contributed by atoms with van der Waals surface area (Å²) in [5.74, 6) is -3.82. The Hall–Kier alpha value is -0.360. The molecule has 0 saturated carbocycles. The Morgan fingerprint density at radius 3 is 2.36 bits per heavy atom. The van der Waals surface area contributed by atoms with Gasteiger partial charge in [0.25, 0.3) is 0 Å². The Morgan fingerprint density at radius 1 is 1.36 bits per heavy atom. The number of alkyl halides is 4. The standard InChI is InChI=1S/C8H16F4N2/c1-6(2-3-13)4-14-5-8(11,12)7(9)10/h6-7,14H,2-5,13H2,1H3.